The van der Waals surface area contributed by atoms with E-state index in [0.29, 0.717) is 6.54 Å². The number of benzene rings is 1. The Kier molecular flexibility index (Phi) is 6.20. The van der Waals surface area contributed by atoms with E-state index < -0.39 is 0 Å². The number of likely N-dealkylation sites (N-methyl/N-ethyl adjacent to an activating group) is 1. The zero-order valence-corrected chi connectivity index (χ0v) is 17.9. The van der Waals surface area contributed by atoms with Gasteiger partial charge in [0.2, 0.25) is 11.8 Å². The smallest absolute Gasteiger partial charge is 0.240 e. The predicted molar refractivity (Wildman–Crippen MR) is 113 cm³/mol. The molecule has 0 aliphatic carbocycles. The first kappa shape index (κ1) is 20.6. The topological polar surface area (TPSA) is 52.7 Å². The molecule has 1 aromatic carbocycles. The number of thiophene rings is 1. The van der Waals surface area contributed by atoms with Crippen molar-refractivity contribution in [3.05, 3.63) is 57.8 Å². The van der Waals surface area contributed by atoms with Crippen molar-refractivity contribution in [2.24, 2.45) is 0 Å². The van der Waals surface area contributed by atoms with Crippen molar-refractivity contribution in [1.29, 1.82) is 0 Å². The molecule has 28 heavy (non-hydrogen) atoms. The maximum absolute atomic E-state index is 12.8. The standard InChI is InChI=1S/C22H29N3O2S/c1-22(2,3)23-19(26)14-24(4)20(27)15-25-12-10-18-17(11-13-28-18)21(25)16-8-6-5-7-9-16/h5-9,11,13,21H,10,12,14-15H2,1-4H3,(H,23,26)/t21-/m1/s1. The van der Waals surface area contributed by atoms with Gasteiger partial charge in [-0.2, -0.15) is 0 Å². The molecule has 6 heteroatoms. The van der Waals surface area contributed by atoms with Crippen molar-refractivity contribution in [2.45, 2.75) is 38.8 Å². The quantitative estimate of drug-likeness (QED) is 0.841. The van der Waals surface area contributed by atoms with Gasteiger partial charge in [-0.05, 0) is 49.8 Å². The molecule has 0 unspecified atom stereocenters. The molecule has 0 saturated carbocycles. The number of nitrogens with zero attached hydrogens (tertiary/aromatic N) is 2. The summed E-state index contributed by atoms with van der Waals surface area (Å²) in [6, 6.07) is 12.6. The Labute approximate surface area is 171 Å². The van der Waals surface area contributed by atoms with E-state index in [1.807, 2.05) is 39.0 Å². The zero-order chi connectivity index (χ0) is 20.3. The summed E-state index contributed by atoms with van der Waals surface area (Å²) in [5, 5.41) is 5.04. The molecule has 1 N–H and O–H groups in total. The van der Waals surface area contributed by atoms with E-state index in [0.717, 1.165) is 13.0 Å². The molecule has 1 aliphatic heterocycles. The third-order valence-electron chi connectivity index (χ3n) is 4.84. The Hall–Kier alpha value is -2.18. The van der Waals surface area contributed by atoms with E-state index in [1.54, 1.807) is 18.4 Å². The van der Waals surface area contributed by atoms with Gasteiger partial charge in [0.1, 0.15) is 0 Å². The number of carbonyl (C=O) groups excluding carboxylic acids is 2. The van der Waals surface area contributed by atoms with Gasteiger partial charge in [-0.15, -0.1) is 11.3 Å². The predicted octanol–water partition coefficient (Wildman–Crippen LogP) is 3.07. The molecule has 1 aromatic heterocycles. The lowest BCUT2D eigenvalue weighted by atomic mass is 9.93. The lowest BCUT2D eigenvalue weighted by molar-refractivity contribution is -0.136. The normalized spacial score (nSPS) is 17.1. The molecule has 150 valence electrons. The highest BCUT2D eigenvalue weighted by atomic mass is 32.1. The number of rotatable bonds is 5. The summed E-state index contributed by atoms with van der Waals surface area (Å²) >= 11 is 1.79. The highest BCUT2D eigenvalue weighted by Crippen LogP contribution is 2.37. The first-order valence-electron chi connectivity index (χ1n) is 9.65. The molecule has 5 nitrogen and oxygen atoms in total. The first-order chi connectivity index (χ1) is 13.2. The molecule has 1 aliphatic rings. The first-order valence-corrected chi connectivity index (χ1v) is 10.5. The van der Waals surface area contributed by atoms with E-state index in [-0.39, 0.29) is 29.9 Å². The molecule has 2 aromatic rings. The highest BCUT2D eigenvalue weighted by molar-refractivity contribution is 7.10. The number of nitrogens with one attached hydrogen (secondary N) is 1. The third kappa shape index (κ3) is 5.00. The van der Waals surface area contributed by atoms with E-state index >= 15 is 0 Å². The van der Waals surface area contributed by atoms with Gasteiger partial charge in [0, 0.05) is 24.0 Å². The largest absolute Gasteiger partial charge is 0.350 e. The molecule has 2 heterocycles. The van der Waals surface area contributed by atoms with Crippen LogP contribution in [0.4, 0.5) is 0 Å². The van der Waals surface area contributed by atoms with Crippen molar-refractivity contribution in [3.8, 4) is 0 Å². The monoisotopic (exact) mass is 399 g/mol. The number of carbonyl (C=O) groups is 2. The van der Waals surface area contributed by atoms with E-state index in [4.69, 9.17) is 0 Å². The van der Waals surface area contributed by atoms with Crippen LogP contribution in [0.25, 0.3) is 0 Å². The summed E-state index contributed by atoms with van der Waals surface area (Å²) in [5.74, 6) is -0.176. The Morgan fingerprint density at radius 3 is 2.61 bits per heavy atom. The van der Waals surface area contributed by atoms with Gasteiger partial charge >= 0.3 is 0 Å². The van der Waals surface area contributed by atoms with Crippen molar-refractivity contribution >= 4 is 23.2 Å². The highest BCUT2D eigenvalue weighted by Gasteiger charge is 2.31. The fraction of sp³-hybridized carbons (Fsp3) is 0.455. The minimum Gasteiger partial charge on any atom is -0.350 e. The molecule has 0 radical (unpaired) electrons. The van der Waals surface area contributed by atoms with Crippen molar-refractivity contribution in [2.75, 3.05) is 26.7 Å². The molecule has 0 saturated heterocycles. The van der Waals surface area contributed by atoms with Gasteiger partial charge in [0.25, 0.3) is 0 Å². The number of fused-ring (bicyclic) bond motifs is 1. The molecule has 3 rings (SSSR count). The van der Waals surface area contributed by atoms with Gasteiger partial charge in [0.15, 0.2) is 0 Å². The molecule has 0 bridgehead atoms. The second-order valence-corrected chi connectivity index (χ2v) is 9.38. The summed E-state index contributed by atoms with van der Waals surface area (Å²) in [6.45, 7) is 7.01. The Morgan fingerprint density at radius 1 is 1.21 bits per heavy atom. The van der Waals surface area contributed by atoms with E-state index in [2.05, 4.69) is 33.8 Å². The average molecular weight is 400 g/mol. The van der Waals surface area contributed by atoms with Crippen LogP contribution in [0.2, 0.25) is 0 Å². The van der Waals surface area contributed by atoms with Crippen molar-refractivity contribution in [1.82, 2.24) is 15.1 Å². The Morgan fingerprint density at radius 2 is 1.93 bits per heavy atom. The van der Waals surface area contributed by atoms with Crippen LogP contribution in [-0.4, -0.2) is 53.8 Å². The van der Waals surface area contributed by atoms with Crippen LogP contribution in [0.5, 0.6) is 0 Å². The summed E-state index contributed by atoms with van der Waals surface area (Å²) in [6.07, 6.45) is 0.956. The minimum absolute atomic E-state index is 0.0383. The van der Waals surface area contributed by atoms with Gasteiger partial charge < -0.3 is 10.2 Å². The summed E-state index contributed by atoms with van der Waals surface area (Å²) in [7, 11) is 1.70. The van der Waals surface area contributed by atoms with Gasteiger partial charge in [-0.1, -0.05) is 30.3 Å². The molecule has 1 atom stereocenters. The van der Waals surface area contributed by atoms with Crippen LogP contribution < -0.4 is 5.32 Å². The SMILES string of the molecule is CN(CC(=O)NC(C)(C)C)C(=O)CN1CCc2sccc2[C@H]1c1ccccc1. The van der Waals surface area contributed by atoms with E-state index in [9.17, 15) is 9.59 Å². The molecule has 0 fully saturated rings. The fourth-order valence-electron chi connectivity index (χ4n) is 3.62. The Balaban J connectivity index is 1.71. The van der Waals surface area contributed by atoms with Gasteiger partial charge in [-0.25, -0.2) is 0 Å². The number of hydrogen-bond donors (Lipinski definition) is 1. The van der Waals surface area contributed by atoms with Crippen LogP contribution in [0, 0.1) is 0 Å². The second kappa shape index (κ2) is 8.45. The maximum Gasteiger partial charge on any atom is 0.240 e. The number of amides is 2. The van der Waals surface area contributed by atoms with Crippen molar-refractivity contribution < 1.29 is 9.59 Å². The van der Waals surface area contributed by atoms with Crippen LogP contribution >= 0.6 is 11.3 Å². The van der Waals surface area contributed by atoms with Crippen LogP contribution in [0.1, 0.15) is 42.8 Å². The molecular weight excluding hydrogens is 370 g/mol. The van der Waals surface area contributed by atoms with Crippen LogP contribution in [0.3, 0.4) is 0 Å². The van der Waals surface area contributed by atoms with Gasteiger partial charge in [0.05, 0.1) is 19.1 Å². The van der Waals surface area contributed by atoms with Crippen molar-refractivity contribution in [3.63, 3.8) is 0 Å². The lowest BCUT2D eigenvalue weighted by Gasteiger charge is -2.36. The number of hydrogen-bond acceptors (Lipinski definition) is 4. The lowest BCUT2D eigenvalue weighted by Crippen LogP contribution is -2.48. The van der Waals surface area contributed by atoms with Gasteiger partial charge in [-0.3, -0.25) is 14.5 Å². The summed E-state index contributed by atoms with van der Waals surface area (Å²) in [5.41, 5.74) is 2.19. The Bertz CT molecular complexity index is 826. The molecular formula is C22H29N3O2S. The average Bonchev–Trinajstić information content (AvgIpc) is 3.09. The minimum atomic E-state index is -0.304. The fourth-order valence-corrected chi connectivity index (χ4v) is 4.52. The third-order valence-corrected chi connectivity index (χ3v) is 5.84. The van der Waals surface area contributed by atoms with Crippen LogP contribution in [0.15, 0.2) is 41.8 Å². The van der Waals surface area contributed by atoms with E-state index in [1.165, 1.54) is 20.9 Å². The van der Waals surface area contributed by atoms with Crippen LogP contribution in [-0.2, 0) is 16.0 Å². The molecule has 0 spiro atoms. The maximum atomic E-state index is 12.8. The second-order valence-electron chi connectivity index (χ2n) is 8.38. The zero-order valence-electron chi connectivity index (χ0n) is 17.1. The summed E-state index contributed by atoms with van der Waals surface area (Å²) in [4.78, 5) is 30.2. The summed E-state index contributed by atoms with van der Waals surface area (Å²) < 4.78 is 0. The molecule has 2 amide bonds.